The van der Waals surface area contributed by atoms with Gasteiger partial charge in [-0.1, -0.05) is 0 Å². The summed E-state index contributed by atoms with van der Waals surface area (Å²) in [6.07, 6.45) is 7.50. The molecule has 3 aromatic rings. The summed E-state index contributed by atoms with van der Waals surface area (Å²) in [7, 11) is 0. The monoisotopic (exact) mass is 374 g/mol. The van der Waals surface area contributed by atoms with Crippen LogP contribution in [0.5, 0.6) is 0 Å². The van der Waals surface area contributed by atoms with E-state index >= 15 is 0 Å². The number of benzene rings is 1. The van der Waals surface area contributed by atoms with E-state index in [0.29, 0.717) is 12.5 Å². The molecule has 6 nitrogen and oxygen atoms in total. The molecule has 6 heteroatoms. The number of hydrogen-bond acceptors (Lipinski definition) is 6. The zero-order valence-corrected chi connectivity index (χ0v) is 16.2. The average Bonchev–Trinajstić information content (AvgIpc) is 2.74. The van der Waals surface area contributed by atoms with Gasteiger partial charge in [0.1, 0.15) is 5.82 Å². The van der Waals surface area contributed by atoms with Gasteiger partial charge in [0, 0.05) is 55.2 Å². The van der Waals surface area contributed by atoms with Crippen molar-refractivity contribution in [1.29, 1.82) is 0 Å². The van der Waals surface area contributed by atoms with Gasteiger partial charge < -0.3 is 15.5 Å². The summed E-state index contributed by atoms with van der Waals surface area (Å²) in [5.41, 5.74) is 4.36. The molecule has 0 atom stereocenters. The first-order valence-corrected chi connectivity index (χ1v) is 9.87. The fourth-order valence-corrected chi connectivity index (χ4v) is 3.45. The molecule has 0 saturated carbocycles. The van der Waals surface area contributed by atoms with Crippen LogP contribution in [-0.2, 0) is 6.54 Å². The molecule has 0 amide bonds. The van der Waals surface area contributed by atoms with Crippen LogP contribution in [-0.4, -0.2) is 28.0 Å². The summed E-state index contributed by atoms with van der Waals surface area (Å²) < 4.78 is 0. The van der Waals surface area contributed by atoms with Crippen molar-refractivity contribution < 1.29 is 0 Å². The van der Waals surface area contributed by atoms with Crippen molar-refractivity contribution in [2.75, 3.05) is 28.6 Å². The van der Waals surface area contributed by atoms with Gasteiger partial charge in [-0.25, -0.2) is 4.98 Å². The molecule has 1 fully saturated rings. The number of aromatic nitrogens is 3. The van der Waals surface area contributed by atoms with Crippen LogP contribution >= 0.6 is 0 Å². The Bertz CT molecular complexity index is 889. The standard InChI is InChI=1S/C22H26N6/c1-17-15-21(24-16-18-9-11-23-12-10-18)27-22(25-17)26-19-5-7-20(8-6-19)28-13-3-2-4-14-28/h5-12,15H,2-4,13-14,16H2,1H3,(H2,24,25,26,27). The lowest BCUT2D eigenvalue weighted by Gasteiger charge is -2.28. The van der Waals surface area contributed by atoms with Crippen LogP contribution < -0.4 is 15.5 Å². The van der Waals surface area contributed by atoms with Crippen LogP contribution in [0.4, 0.5) is 23.1 Å². The molecule has 1 saturated heterocycles. The summed E-state index contributed by atoms with van der Waals surface area (Å²) in [6, 6.07) is 14.5. The van der Waals surface area contributed by atoms with E-state index in [1.807, 2.05) is 25.1 Å². The molecule has 0 radical (unpaired) electrons. The van der Waals surface area contributed by atoms with Crippen molar-refractivity contribution in [3.8, 4) is 0 Å². The van der Waals surface area contributed by atoms with Crippen molar-refractivity contribution in [2.45, 2.75) is 32.7 Å². The number of nitrogens with one attached hydrogen (secondary N) is 2. The molecule has 0 bridgehead atoms. The number of piperidine rings is 1. The lowest BCUT2D eigenvalue weighted by molar-refractivity contribution is 0.578. The topological polar surface area (TPSA) is 66.0 Å². The Morgan fingerprint density at radius 2 is 1.68 bits per heavy atom. The van der Waals surface area contributed by atoms with Crippen LogP contribution in [0.1, 0.15) is 30.5 Å². The molecule has 1 aromatic carbocycles. The van der Waals surface area contributed by atoms with E-state index in [9.17, 15) is 0 Å². The highest BCUT2D eigenvalue weighted by Crippen LogP contribution is 2.23. The van der Waals surface area contributed by atoms with Crippen LogP contribution in [0.3, 0.4) is 0 Å². The Morgan fingerprint density at radius 3 is 2.43 bits per heavy atom. The summed E-state index contributed by atoms with van der Waals surface area (Å²) in [4.78, 5) is 15.6. The minimum absolute atomic E-state index is 0.600. The molecule has 2 N–H and O–H groups in total. The molecule has 144 valence electrons. The molecular weight excluding hydrogens is 348 g/mol. The van der Waals surface area contributed by atoms with Crippen molar-refractivity contribution in [2.24, 2.45) is 0 Å². The molecule has 3 heterocycles. The van der Waals surface area contributed by atoms with E-state index < -0.39 is 0 Å². The molecule has 1 aliphatic rings. The van der Waals surface area contributed by atoms with E-state index in [2.05, 4.69) is 54.8 Å². The van der Waals surface area contributed by atoms with Crippen LogP contribution in [0.15, 0.2) is 54.9 Å². The Kier molecular flexibility index (Phi) is 5.66. The maximum atomic E-state index is 4.60. The first kappa shape index (κ1) is 18.2. The Labute approximate surface area is 166 Å². The summed E-state index contributed by atoms with van der Waals surface area (Å²) in [5.74, 6) is 1.40. The lowest BCUT2D eigenvalue weighted by atomic mass is 10.1. The van der Waals surface area contributed by atoms with Gasteiger partial charge in [-0.3, -0.25) is 4.98 Å². The van der Waals surface area contributed by atoms with Crippen molar-refractivity contribution in [3.63, 3.8) is 0 Å². The highest BCUT2D eigenvalue weighted by Gasteiger charge is 2.11. The largest absolute Gasteiger partial charge is 0.372 e. The normalized spacial score (nSPS) is 14.0. The third-order valence-corrected chi connectivity index (χ3v) is 4.92. The van der Waals surface area contributed by atoms with Gasteiger partial charge in [0.05, 0.1) is 0 Å². The van der Waals surface area contributed by atoms with Gasteiger partial charge >= 0.3 is 0 Å². The van der Waals surface area contributed by atoms with E-state index in [0.717, 1.165) is 35.9 Å². The summed E-state index contributed by atoms with van der Waals surface area (Å²) in [6.45, 7) is 4.98. The van der Waals surface area contributed by atoms with Crippen LogP contribution in [0.25, 0.3) is 0 Å². The van der Waals surface area contributed by atoms with E-state index in [1.165, 1.54) is 24.9 Å². The van der Waals surface area contributed by atoms with Gasteiger partial charge in [-0.2, -0.15) is 4.98 Å². The van der Waals surface area contributed by atoms with E-state index in [4.69, 9.17) is 0 Å². The molecule has 1 aliphatic heterocycles. The number of aryl methyl sites for hydroxylation is 1. The lowest BCUT2D eigenvalue weighted by Crippen LogP contribution is -2.29. The second-order valence-electron chi connectivity index (χ2n) is 7.15. The maximum absolute atomic E-state index is 4.60. The first-order valence-electron chi connectivity index (χ1n) is 9.87. The van der Waals surface area contributed by atoms with Gasteiger partial charge in [0.15, 0.2) is 0 Å². The van der Waals surface area contributed by atoms with Crippen LogP contribution in [0.2, 0.25) is 0 Å². The first-order chi connectivity index (χ1) is 13.8. The third kappa shape index (κ3) is 4.76. The molecule has 0 aliphatic carbocycles. The van der Waals surface area contributed by atoms with Gasteiger partial charge in [-0.05, 0) is 68.1 Å². The molecule has 4 rings (SSSR count). The fraction of sp³-hybridized carbons (Fsp3) is 0.318. The third-order valence-electron chi connectivity index (χ3n) is 4.92. The van der Waals surface area contributed by atoms with Crippen molar-refractivity contribution >= 4 is 23.1 Å². The summed E-state index contributed by atoms with van der Waals surface area (Å²) in [5, 5.41) is 6.68. The quantitative estimate of drug-likeness (QED) is 0.661. The van der Waals surface area contributed by atoms with Gasteiger partial charge in [-0.15, -0.1) is 0 Å². The SMILES string of the molecule is Cc1cc(NCc2ccncc2)nc(Nc2ccc(N3CCCCC3)cc2)n1. The Hall–Kier alpha value is -3.15. The van der Waals surface area contributed by atoms with Crippen molar-refractivity contribution in [1.82, 2.24) is 15.0 Å². The second kappa shape index (κ2) is 8.69. The average molecular weight is 374 g/mol. The Morgan fingerprint density at radius 1 is 0.929 bits per heavy atom. The van der Waals surface area contributed by atoms with Gasteiger partial charge in [0.25, 0.3) is 0 Å². The molecule has 0 unspecified atom stereocenters. The highest BCUT2D eigenvalue weighted by atomic mass is 15.1. The zero-order chi connectivity index (χ0) is 19.2. The van der Waals surface area contributed by atoms with E-state index in [1.54, 1.807) is 12.4 Å². The highest BCUT2D eigenvalue weighted by molar-refractivity contribution is 5.60. The smallest absolute Gasteiger partial charge is 0.229 e. The number of anilines is 4. The van der Waals surface area contributed by atoms with Crippen molar-refractivity contribution in [3.05, 3.63) is 66.1 Å². The summed E-state index contributed by atoms with van der Waals surface area (Å²) >= 11 is 0. The predicted molar refractivity (Wildman–Crippen MR) is 114 cm³/mol. The molecule has 28 heavy (non-hydrogen) atoms. The zero-order valence-electron chi connectivity index (χ0n) is 16.2. The number of hydrogen-bond donors (Lipinski definition) is 2. The number of rotatable bonds is 6. The predicted octanol–water partition coefficient (Wildman–Crippen LogP) is 4.53. The minimum atomic E-state index is 0.600. The molecule has 0 spiro atoms. The van der Waals surface area contributed by atoms with E-state index in [-0.39, 0.29) is 0 Å². The Balaban J connectivity index is 1.41. The number of nitrogens with zero attached hydrogens (tertiary/aromatic N) is 4. The molecule has 2 aromatic heterocycles. The second-order valence-corrected chi connectivity index (χ2v) is 7.15. The maximum Gasteiger partial charge on any atom is 0.229 e. The fourth-order valence-electron chi connectivity index (χ4n) is 3.45. The molecular formula is C22H26N6. The van der Waals surface area contributed by atoms with Gasteiger partial charge in [0.2, 0.25) is 5.95 Å². The minimum Gasteiger partial charge on any atom is -0.372 e. The van der Waals surface area contributed by atoms with Crippen LogP contribution in [0, 0.1) is 6.92 Å². The number of pyridine rings is 1.